The van der Waals surface area contributed by atoms with Crippen LogP contribution in [0.5, 0.6) is 0 Å². The molecule has 1 aromatic heterocycles. The van der Waals surface area contributed by atoms with E-state index in [-0.39, 0.29) is 6.04 Å². The van der Waals surface area contributed by atoms with E-state index in [1.54, 1.807) is 0 Å². The number of likely N-dealkylation sites (N-methyl/N-ethyl adjacent to an activating group) is 1. The van der Waals surface area contributed by atoms with Gasteiger partial charge in [-0.25, -0.2) is 0 Å². The molecule has 2 heterocycles. The van der Waals surface area contributed by atoms with Gasteiger partial charge in [-0.2, -0.15) is 0 Å². The topological polar surface area (TPSA) is 28.4 Å². The Morgan fingerprint density at radius 3 is 3.05 bits per heavy atom. The molecule has 1 aliphatic heterocycles. The van der Waals surface area contributed by atoms with Gasteiger partial charge in [0.1, 0.15) is 11.3 Å². The molecule has 0 amide bonds. The molecule has 3 nitrogen and oxygen atoms in total. The van der Waals surface area contributed by atoms with Crippen molar-refractivity contribution in [1.29, 1.82) is 0 Å². The summed E-state index contributed by atoms with van der Waals surface area (Å²) in [6.07, 6.45) is 2.52. The molecular formula is C16H21BrN2O. The number of nitrogens with one attached hydrogen (secondary N) is 1. The first kappa shape index (κ1) is 14.1. The van der Waals surface area contributed by atoms with Crippen molar-refractivity contribution in [2.75, 3.05) is 20.1 Å². The summed E-state index contributed by atoms with van der Waals surface area (Å²) in [5.74, 6) is 1.02. The van der Waals surface area contributed by atoms with Gasteiger partial charge in [0.2, 0.25) is 0 Å². The summed E-state index contributed by atoms with van der Waals surface area (Å²) >= 11 is 3.50. The maximum atomic E-state index is 5.96. The maximum absolute atomic E-state index is 5.96. The van der Waals surface area contributed by atoms with Crippen molar-refractivity contribution >= 4 is 26.9 Å². The Balaban J connectivity index is 1.73. The van der Waals surface area contributed by atoms with Crippen LogP contribution in [0.3, 0.4) is 0 Å². The summed E-state index contributed by atoms with van der Waals surface area (Å²) in [6, 6.07) is 9.09. The molecule has 1 N–H and O–H groups in total. The maximum Gasteiger partial charge on any atom is 0.134 e. The zero-order valence-electron chi connectivity index (χ0n) is 12.0. The number of benzene rings is 1. The van der Waals surface area contributed by atoms with E-state index in [9.17, 15) is 0 Å². The second-order valence-electron chi connectivity index (χ2n) is 5.82. The molecule has 1 aliphatic rings. The predicted octanol–water partition coefficient (Wildman–Crippen LogP) is 3.94. The third kappa shape index (κ3) is 3.08. The van der Waals surface area contributed by atoms with E-state index in [0.29, 0.717) is 6.04 Å². The van der Waals surface area contributed by atoms with Gasteiger partial charge in [-0.05, 0) is 57.6 Å². The van der Waals surface area contributed by atoms with Crippen molar-refractivity contribution in [2.24, 2.45) is 0 Å². The van der Waals surface area contributed by atoms with Gasteiger partial charge in [-0.3, -0.25) is 0 Å². The lowest BCUT2D eigenvalue weighted by Crippen LogP contribution is -2.44. The lowest BCUT2D eigenvalue weighted by molar-refractivity contribution is 0.214. The van der Waals surface area contributed by atoms with E-state index in [1.165, 1.54) is 19.4 Å². The Bertz CT molecular complexity index is 595. The van der Waals surface area contributed by atoms with Gasteiger partial charge in [0, 0.05) is 22.4 Å². The largest absolute Gasteiger partial charge is 0.459 e. The fourth-order valence-corrected chi connectivity index (χ4v) is 3.37. The normalized spacial score (nSPS) is 22.2. The van der Waals surface area contributed by atoms with Crippen LogP contribution in [-0.4, -0.2) is 31.1 Å². The summed E-state index contributed by atoms with van der Waals surface area (Å²) in [5, 5.41) is 4.85. The summed E-state index contributed by atoms with van der Waals surface area (Å²) in [4.78, 5) is 2.39. The van der Waals surface area contributed by atoms with E-state index < -0.39 is 0 Å². The summed E-state index contributed by atoms with van der Waals surface area (Å²) in [7, 11) is 2.19. The second-order valence-corrected chi connectivity index (χ2v) is 6.74. The van der Waals surface area contributed by atoms with Crippen molar-refractivity contribution in [3.63, 3.8) is 0 Å². The highest BCUT2D eigenvalue weighted by Crippen LogP contribution is 2.27. The Morgan fingerprint density at radius 1 is 1.40 bits per heavy atom. The first-order valence-electron chi connectivity index (χ1n) is 7.25. The number of fused-ring (bicyclic) bond motifs is 1. The highest BCUT2D eigenvalue weighted by Gasteiger charge is 2.20. The van der Waals surface area contributed by atoms with Crippen molar-refractivity contribution in [2.45, 2.75) is 31.8 Å². The van der Waals surface area contributed by atoms with Crippen LogP contribution in [0.4, 0.5) is 0 Å². The van der Waals surface area contributed by atoms with Crippen LogP contribution in [0, 0.1) is 0 Å². The van der Waals surface area contributed by atoms with E-state index in [2.05, 4.69) is 52.3 Å². The molecule has 0 spiro atoms. The van der Waals surface area contributed by atoms with Crippen LogP contribution in [0.15, 0.2) is 33.2 Å². The Hall–Kier alpha value is -0.840. The van der Waals surface area contributed by atoms with Gasteiger partial charge in [0.15, 0.2) is 0 Å². The molecule has 2 aromatic rings. The standard InChI is InChI=1S/C16H21BrN2O/c1-11(18-14-4-3-7-19(2)10-14)16-9-12-8-13(17)5-6-15(12)20-16/h5-6,8-9,11,14,18H,3-4,7,10H2,1-2H3. The summed E-state index contributed by atoms with van der Waals surface area (Å²) < 4.78 is 7.05. The number of nitrogens with zero attached hydrogens (tertiary/aromatic N) is 1. The second kappa shape index (κ2) is 5.88. The number of furan rings is 1. The van der Waals surface area contributed by atoms with Crippen LogP contribution in [0.2, 0.25) is 0 Å². The molecule has 4 heteroatoms. The molecule has 2 unspecified atom stereocenters. The smallest absolute Gasteiger partial charge is 0.134 e. The van der Waals surface area contributed by atoms with Gasteiger partial charge in [-0.15, -0.1) is 0 Å². The molecule has 108 valence electrons. The Morgan fingerprint density at radius 2 is 2.25 bits per heavy atom. The zero-order valence-corrected chi connectivity index (χ0v) is 13.6. The molecule has 0 aliphatic carbocycles. The molecule has 1 aromatic carbocycles. The third-order valence-corrected chi connectivity index (χ3v) is 4.53. The Kier molecular flexibility index (Phi) is 4.15. The molecule has 0 bridgehead atoms. The van der Waals surface area contributed by atoms with E-state index in [4.69, 9.17) is 4.42 Å². The van der Waals surface area contributed by atoms with Crippen molar-refractivity contribution in [3.8, 4) is 0 Å². The van der Waals surface area contributed by atoms with Crippen LogP contribution in [0.25, 0.3) is 11.0 Å². The number of rotatable bonds is 3. The van der Waals surface area contributed by atoms with Gasteiger partial charge < -0.3 is 14.6 Å². The minimum Gasteiger partial charge on any atom is -0.459 e. The summed E-state index contributed by atoms with van der Waals surface area (Å²) in [6.45, 7) is 4.52. The van der Waals surface area contributed by atoms with Gasteiger partial charge in [0.05, 0.1) is 6.04 Å². The highest BCUT2D eigenvalue weighted by molar-refractivity contribution is 9.10. The number of hydrogen-bond donors (Lipinski definition) is 1. The molecule has 2 atom stereocenters. The molecule has 20 heavy (non-hydrogen) atoms. The molecule has 3 rings (SSSR count). The zero-order chi connectivity index (χ0) is 14.1. The summed E-state index contributed by atoms with van der Waals surface area (Å²) in [5.41, 5.74) is 0.956. The highest BCUT2D eigenvalue weighted by atomic mass is 79.9. The van der Waals surface area contributed by atoms with Gasteiger partial charge >= 0.3 is 0 Å². The van der Waals surface area contributed by atoms with Crippen molar-refractivity contribution < 1.29 is 4.42 Å². The number of halogens is 1. The molecule has 0 radical (unpaired) electrons. The van der Waals surface area contributed by atoms with Gasteiger partial charge in [0.25, 0.3) is 0 Å². The minimum atomic E-state index is 0.248. The van der Waals surface area contributed by atoms with Crippen LogP contribution < -0.4 is 5.32 Å². The van der Waals surface area contributed by atoms with Crippen molar-refractivity contribution in [1.82, 2.24) is 10.2 Å². The minimum absolute atomic E-state index is 0.248. The molecular weight excluding hydrogens is 316 g/mol. The number of hydrogen-bond acceptors (Lipinski definition) is 3. The average molecular weight is 337 g/mol. The predicted molar refractivity (Wildman–Crippen MR) is 86.0 cm³/mol. The third-order valence-electron chi connectivity index (χ3n) is 4.03. The number of piperidine rings is 1. The SMILES string of the molecule is CC(NC1CCCN(C)C1)c1cc2cc(Br)ccc2o1. The Labute approximate surface area is 128 Å². The lowest BCUT2D eigenvalue weighted by Gasteiger charge is -2.31. The first-order valence-corrected chi connectivity index (χ1v) is 8.05. The van der Waals surface area contributed by atoms with E-state index in [0.717, 1.165) is 27.7 Å². The van der Waals surface area contributed by atoms with Crippen molar-refractivity contribution in [3.05, 3.63) is 34.5 Å². The number of likely N-dealkylation sites (tertiary alicyclic amines) is 1. The fraction of sp³-hybridized carbons (Fsp3) is 0.500. The van der Waals surface area contributed by atoms with Crippen LogP contribution >= 0.6 is 15.9 Å². The van der Waals surface area contributed by atoms with E-state index in [1.807, 2.05) is 12.1 Å². The quantitative estimate of drug-likeness (QED) is 0.920. The average Bonchev–Trinajstić information content (AvgIpc) is 2.81. The van der Waals surface area contributed by atoms with E-state index >= 15 is 0 Å². The van der Waals surface area contributed by atoms with Gasteiger partial charge in [-0.1, -0.05) is 15.9 Å². The lowest BCUT2D eigenvalue weighted by atomic mass is 10.0. The van der Waals surface area contributed by atoms with Crippen LogP contribution in [-0.2, 0) is 0 Å². The monoisotopic (exact) mass is 336 g/mol. The molecule has 1 saturated heterocycles. The molecule has 1 fully saturated rings. The fourth-order valence-electron chi connectivity index (χ4n) is 2.99. The van der Waals surface area contributed by atoms with Crippen LogP contribution in [0.1, 0.15) is 31.6 Å². The first-order chi connectivity index (χ1) is 9.61. The molecule has 0 saturated carbocycles.